The number of benzene rings is 1. The largest absolute Gasteiger partial charge is 0.312 e. The third kappa shape index (κ3) is 4.66. The van der Waals surface area contributed by atoms with Crippen LogP contribution in [-0.4, -0.2) is 48.6 Å². The summed E-state index contributed by atoms with van der Waals surface area (Å²) in [6.07, 6.45) is 2.23. The number of nitrogens with one attached hydrogen (secondary N) is 1. The number of halogens is 1. The number of likely N-dealkylation sites (N-methyl/N-ethyl adjacent to an activating group) is 1. The van der Waals surface area contributed by atoms with Crippen molar-refractivity contribution in [1.29, 1.82) is 0 Å². The zero-order valence-electron chi connectivity index (χ0n) is 12.4. The highest BCUT2D eigenvalue weighted by atomic mass is 35.5. The summed E-state index contributed by atoms with van der Waals surface area (Å²) in [4.78, 5) is 2.51. The van der Waals surface area contributed by atoms with Crippen LogP contribution < -0.4 is 5.32 Å². The van der Waals surface area contributed by atoms with Gasteiger partial charge in [-0.25, -0.2) is 0 Å². The standard InChI is InChI=1S/C16H25ClN2S/c1-3-7-18-15(16-12-20-9-8-19(16)2)11-13-5-4-6-14(17)10-13/h4-6,10,15-16,18H,3,7-9,11-12H2,1-2H3. The summed E-state index contributed by atoms with van der Waals surface area (Å²) in [5, 5.41) is 4.58. The van der Waals surface area contributed by atoms with Gasteiger partial charge in [-0.2, -0.15) is 11.8 Å². The summed E-state index contributed by atoms with van der Waals surface area (Å²) in [6, 6.07) is 9.39. The minimum absolute atomic E-state index is 0.506. The van der Waals surface area contributed by atoms with Gasteiger partial charge in [-0.1, -0.05) is 30.7 Å². The monoisotopic (exact) mass is 312 g/mol. The molecule has 1 aromatic carbocycles. The molecular weight excluding hydrogens is 288 g/mol. The van der Waals surface area contributed by atoms with Gasteiger partial charge in [-0.3, -0.25) is 0 Å². The molecule has 0 aliphatic carbocycles. The van der Waals surface area contributed by atoms with Gasteiger partial charge in [0.2, 0.25) is 0 Å². The third-order valence-electron chi connectivity index (χ3n) is 3.91. The first kappa shape index (κ1) is 16.2. The van der Waals surface area contributed by atoms with E-state index in [0.29, 0.717) is 12.1 Å². The van der Waals surface area contributed by atoms with E-state index < -0.39 is 0 Å². The smallest absolute Gasteiger partial charge is 0.0408 e. The summed E-state index contributed by atoms with van der Waals surface area (Å²) in [7, 11) is 2.25. The Hall–Kier alpha value is -0.220. The molecule has 20 heavy (non-hydrogen) atoms. The molecule has 2 atom stereocenters. The molecule has 1 N–H and O–H groups in total. The van der Waals surface area contributed by atoms with Gasteiger partial charge >= 0.3 is 0 Å². The van der Waals surface area contributed by atoms with Gasteiger partial charge in [0.1, 0.15) is 0 Å². The lowest BCUT2D eigenvalue weighted by Crippen LogP contribution is -2.53. The summed E-state index contributed by atoms with van der Waals surface area (Å²) < 4.78 is 0. The molecule has 2 unspecified atom stereocenters. The van der Waals surface area contributed by atoms with Gasteiger partial charge in [-0.15, -0.1) is 0 Å². The topological polar surface area (TPSA) is 15.3 Å². The fourth-order valence-corrected chi connectivity index (χ4v) is 4.25. The van der Waals surface area contributed by atoms with Crippen molar-refractivity contribution in [3.63, 3.8) is 0 Å². The van der Waals surface area contributed by atoms with Crippen molar-refractivity contribution in [3.8, 4) is 0 Å². The van der Waals surface area contributed by atoms with Gasteiger partial charge in [0, 0.05) is 35.2 Å². The quantitative estimate of drug-likeness (QED) is 0.867. The van der Waals surface area contributed by atoms with Crippen LogP contribution in [-0.2, 0) is 6.42 Å². The van der Waals surface area contributed by atoms with Crippen LogP contribution in [0, 0.1) is 0 Å². The van der Waals surface area contributed by atoms with E-state index in [1.807, 2.05) is 12.1 Å². The van der Waals surface area contributed by atoms with Crippen molar-refractivity contribution in [1.82, 2.24) is 10.2 Å². The molecule has 0 amide bonds. The molecule has 2 nitrogen and oxygen atoms in total. The van der Waals surface area contributed by atoms with Crippen LogP contribution in [0.25, 0.3) is 0 Å². The molecule has 0 radical (unpaired) electrons. The Morgan fingerprint density at radius 3 is 3.05 bits per heavy atom. The average Bonchev–Trinajstić information content (AvgIpc) is 2.44. The van der Waals surface area contributed by atoms with E-state index >= 15 is 0 Å². The molecule has 0 saturated carbocycles. The first-order chi connectivity index (χ1) is 9.70. The first-order valence-corrected chi connectivity index (χ1v) is 8.99. The summed E-state index contributed by atoms with van der Waals surface area (Å²) >= 11 is 8.19. The van der Waals surface area contributed by atoms with Gasteiger partial charge in [0.05, 0.1) is 0 Å². The highest BCUT2D eigenvalue weighted by molar-refractivity contribution is 7.99. The van der Waals surface area contributed by atoms with E-state index in [1.54, 1.807) is 0 Å². The van der Waals surface area contributed by atoms with Crippen LogP contribution in [0.4, 0.5) is 0 Å². The predicted octanol–water partition coefficient (Wildman–Crippen LogP) is 3.30. The highest BCUT2D eigenvalue weighted by Crippen LogP contribution is 2.21. The molecule has 1 fully saturated rings. The number of nitrogens with zero attached hydrogens (tertiary/aromatic N) is 1. The minimum Gasteiger partial charge on any atom is -0.312 e. The Labute approximate surface area is 132 Å². The summed E-state index contributed by atoms with van der Waals surface area (Å²) in [5.41, 5.74) is 1.33. The number of hydrogen-bond acceptors (Lipinski definition) is 3. The molecule has 0 spiro atoms. The molecule has 1 aliphatic heterocycles. The SMILES string of the molecule is CCCNC(Cc1cccc(Cl)c1)C1CSCCN1C. The van der Waals surface area contributed by atoms with Crippen LogP contribution in [0.2, 0.25) is 5.02 Å². The molecule has 1 aliphatic rings. The second-order valence-electron chi connectivity index (χ2n) is 5.52. The van der Waals surface area contributed by atoms with E-state index in [4.69, 9.17) is 11.6 Å². The maximum Gasteiger partial charge on any atom is 0.0408 e. The minimum atomic E-state index is 0.506. The van der Waals surface area contributed by atoms with E-state index in [1.165, 1.54) is 30.0 Å². The normalized spacial score (nSPS) is 21.9. The highest BCUT2D eigenvalue weighted by Gasteiger charge is 2.27. The first-order valence-electron chi connectivity index (χ1n) is 7.46. The maximum atomic E-state index is 6.11. The lowest BCUT2D eigenvalue weighted by molar-refractivity contribution is 0.213. The van der Waals surface area contributed by atoms with Crippen LogP contribution in [0.15, 0.2) is 24.3 Å². The zero-order chi connectivity index (χ0) is 14.4. The van der Waals surface area contributed by atoms with Crippen LogP contribution in [0.3, 0.4) is 0 Å². The molecular formula is C16H25ClN2S. The summed E-state index contributed by atoms with van der Waals surface area (Å²) in [6.45, 7) is 4.50. The second kappa shape index (κ2) is 8.28. The van der Waals surface area contributed by atoms with Crippen molar-refractivity contribution in [2.45, 2.75) is 31.8 Å². The molecule has 0 bridgehead atoms. The van der Waals surface area contributed by atoms with Crippen LogP contribution in [0.1, 0.15) is 18.9 Å². The number of hydrogen-bond donors (Lipinski definition) is 1. The number of thioether (sulfide) groups is 1. The second-order valence-corrected chi connectivity index (χ2v) is 7.10. The van der Waals surface area contributed by atoms with E-state index in [-0.39, 0.29) is 0 Å². The molecule has 1 saturated heterocycles. The van der Waals surface area contributed by atoms with Crippen LogP contribution in [0.5, 0.6) is 0 Å². The fourth-order valence-electron chi connectivity index (χ4n) is 2.72. The van der Waals surface area contributed by atoms with Gasteiger partial charge in [0.25, 0.3) is 0 Å². The lowest BCUT2D eigenvalue weighted by Gasteiger charge is -2.38. The van der Waals surface area contributed by atoms with Gasteiger partial charge in [-0.05, 0) is 44.1 Å². The van der Waals surface area contributed by atoms with E-state index in [0.717, 1.165) is 18.0 Å². The Kier molecular flexibility index (Phi) is 6.69. The lowest BCUT2D eigenvalue weighted by atomic mass is 9.99. The Morgan fingerprint density at radius 2 is 2.35 bits per heavy atom. The molecule has 4 heteroatoms. The molecule has 1 heterocycles. The van der Waals surface area contributed by atoms with Crippen LogP contribution >= 0.6 is 23.4 Å². The van der Waals surface area contributed by atoms with Crippen molar-refractivity contribution in [2.75, 3.05) is 31.6 Å². The van der Waals surface area contributed by atoms with Gasteiger partial charge in [0.15, 0.2) is 0 Å². The van der Waals surface area contributed by atoms with Crippen molar-refractivity contribution >= 4 is 23.4 Å². The molecule has 112 valence electrons. The average molecular weight is 313 g/mol. The van der Waals surface area contributed by atoms with Crippen molar-refractivity contribution < 1.29 is 0 Å². The van der Waals surface area contributed by atoms with Crippen molar-refractivity contribution in [3.05, 3.63) is 34.9 Å². The van der Waals surface area contributed by atoms with E-state index in [9.17, 15) is 0 Å². The molecule has 0 aromatic heterocycles. The van der Waals surface area contributed by atoms with Crippen molar-refractivity contribution in [2.24, 2.45) is 0 Å². The Bertz CT molecular complexity index is 413. The van der Waals surface area contributed by atoms with E-state index in [2.05, 4.69) is 48.1 Å². The van der Waals surface area contributed by atoms with Gasteiger partial charge < -0.3 is 10.2 Å². The predicted molar refractivity (Wildman–Crippen MR) is 91.0 cm³/mol. The Balaban J connectivity index is 2.06. The molecule has 1 aromatic rings. The number of rotatable bonds is 6. The zero-order valence-corrected chi connectivity index (χ0v) is 14.0. The Morgan fingerprint density at radius 1 is 1.50 bits per heavy atom. The summed E-state index contributed by atoms with van der Waals surface area (Å²) in [5.74, 6) is 2.48. The third-order valence-corrected chi connectivity index (χ3v) is 5.19. The fraction of sp³-hybridized carbons (Fsp3) is 0.625. The maximum absolute atomic E-state index is 6.11. The molecule has 2 rings (SSSR count).